The largest absolute Gasteiger partial charge is 0.508 e. The molecule has 0 aliphatic heterocycles. The quantitative estimate of drug-likeness (QED) is 0.760. The fourth-order valence-corrected chi connectivity index (χ4v) is 4.62. The lowest BCUT2D eigenvalue weighted by Crippen LogP contribution is -2.40. The Morgan fingerprint density at radius 3 is 2.84 bits per heavy atom. The van der Waals surface area contributed by atoms with Crippen LogP contribution in [0.2, 0.25) is 0 Å². The summed E-state index contributed by atoms with van der Waals surface area (Å²) < 4.78 is 0. The number of benzene rings is 1. The number of phenolic OH excluding ortho intramolecular Hbond substituents is 1. The van der Waals surface area contributed by atoms with E-state index in [4.69, 9.17) is 0 Å². The predicted molar refractivity (Wildman–Crippen MR) is 79.5 cm³/mol. The maximum absolute atomic E-state index is 9.66. The lowest BCUT2D eigenvalue weighted by molar-refractivity contribution is 0.0411. The van der Waals surface area contributed by atoms with Crippen molar-refractivity contribution in [3.8, 4) is 5.75 Å². The van der Waals surface area contributed by atoms with Gasteiger partial charge >= 0.3 is 0 Å². The van der Waals surface area contributed by atoms with Crippen molar-refractivity contribution in [2.45, 2.75) is 58.8 Å². The summed E-state index contributed by atoms with van der Waals surface area (Å²) in [4.78, 5) is 0. The molecule has 2 aliphatic carbocycles. The zero-order valence-electron chi connectivity index (χ0n) is 12.4. The molecule has 1 fully saturated rings. The minimum atomic E-state index is 0.430. The molecule has 1 heteroatoms. The third-order valence-electron chi connectivity index (χ3n) is 6.37. The molecule has 4 atom stereocenters. The first-order valence-electron chi connectivity index (χ1n) is 7.87. The minimum absolute atomic E-state index is 0.430. The van der Waals surface area contributed by atoms with E-state index in [0.29, 0.717) is 11.2 Å². The van der Waals surface area contributed by atoms with Crippen LogP contribution >= 0.6 is 0 Å². The summed E-state index contributed by atoms with van der Waals surface area (Å²) in [5.74, 6) is 2.83. The van der Waals surface area contributed by atoms with E-state index in [1.807, 2.05) is 12.1 Å². The zero-order chi connectivity index (χ0) is 13.6. The van der Waals surface area contributed by atoms with Crippen molar-refractivity contribution in [1.82, 2.24) is 0 Å². The Kier molecular flexibility index (Phi) is 3.11. The third-order valence-corrected chi connectivity index (χ3v) is 6.37. The van der Waals surface area contributed by atoms with Crippen molar-refractivity contribution < 1.29 is 5.11 Å². The van der Waals surface area contributed by atoms with Gasteiger partial charge in [0.05, 0.1) is 0 Å². The molecule has 1 aromatic carbocycles. The lowest BCUT2D eigenvalue weighted by atomic mass is 9.54. The Hall–Kier alpha value is -0.980. The molecule has 1 aromatic rings. The summed E-state index contributed by atoms with van der Waals surface area (Å²) in [5, 5.41) is 9.66. The standard InChI is InChI=1S/C18H26O/c1-4-18(3)10-9-17-15(12(18)2)7-5-13-11-14(19)6-8-16(13)17/h6,8,11-12,15,17,19H,4-5,7,9-10H2,1-3H3/t12-,15-,17-,18-/m0/s1. The van der Waals surface area contributed by atoms with Crippen molar-refractivity contribution in [2.75, 3.05) is 0 Å². The topological polar surface area (TPSA) is 20.2 Å². The number of phenols is 1. The van der Waals surface area contributed by atoms with Crippen molar-refractivity contribution in [3.63, 3.8) is 0 Å². The van der Waals surface area contributed by atoms with Crippen LogP contribution in [0.15, 0.2) is 18.2 Å². The van der Waals surface area contributed by atoms with E-state index in [-0.39, 0.29) is 0 Å². The number of aryl methyl sites for hydroxylation is 1. The second-order valence-corrected chi connectivity index (χ2v) is 7.03. The highest BCUT2D eigenvalue weighted by atomic mass is 16.3. The predicted octanol–water partition coefficient (Wildman–Crippen LogP) is 4.88. The molecule has 1 N–H and O–H groups in total. The molecule has 104 valence electrons. The van der Waals surface area contributed by atoms with Crippen LogP contribution < -0.4 is 0 Å². The summed E-state index contributed by atoms with van der Waals surface area (Å²) in [5.41, 5.74) is 3.46. The van der Waals surface area contributed by atoms with Crippen LogP contribution in [0, 0.1) is 17.3 Å². The van der Waals surface area contributed by atoms with Gasteiger partial charge in [0, 0.05) is 0 Å². The molecule has 0 radical (unpaired) electrons. The van der Waals surface area contributed by atoms with E-state index in [0.717, 1.165) is 24.2 Å². The average Bonchev–Trinajstić information content (AvgIpc) is 2.42. The summed E-state index contributed by atoms with van der Waals surface area (Å²) in [7, 11) is 0. The number of hydrogen-bond acceptors (Lipinski definition) is 1. The smallest absolute Gasteiger partial charge is 0.115 e. The van der Waals surface area contributed by atoms with Crippen molar-refractivity contribution in [3.05, 3.63) is 29.3 Å². The van der Waals surface area contributed by atoms with Gasteiger partial charge < -0.3 is 5.11 Å². The number of fused-ring (bicyclic) bond motifs is 3. The fraction of sp³-hybridized carbons (Fsp3) is 0.667. The maximum Gasteiger partial charge on any atom is 0.115 e. The van der Waals surface area contributed by atoms with Crippen molar-refractivity contribution in [1.29, 1.82) is 0 Å². The van der Waals surface area contributed by atoms with Gasteiger partial charge in [-0.2, -0.15) is 0 Å². The van der Waals surface area contributed by atoms with Gasteiger partial charge in [0.25, 0.3) is 0 Å². The Bertz CT molecular complexity index is 479. The number of rotatable bonds is 1. The minimum Gasteiger partial charge on any atom is -0.508 e. The van der Waals surface area contributed by atoms with E-state index in [9.17, 15) is 5.11 Å². The van der Waals surface area contributed by atoms with Crippen LogP contribution in [-0.4, -0.2) is 5.11 Å². The molecule has 1 saturated carbocycles. The lowest BCUT2D eigenvalue weighted by Gasteiger charge is -2.50. The van der Waals surface area contributed by atoms with E-state index in [1.165, 1.54) is 36.8 Å². The van der Waals surface area contributed by atoms with Crippen molar-refractivity contribution >= 4 is 0 Å². The van der Waals surface area contributed by atoms with Crippen molar-refractivity contribution in [2.24, 2.45) is 17.3 Å². The molecule has 0 spiro atoms. The molecule has 0 bridgehead atoms. The molecule has 2 aliphatic rings. The first kappa shape index (κ1) is 13.0. The molecule has 0 saturated heterocycles. The monoisotopic (exact) mass is 258 g/mol. The first-order chi connectivity index (χ1) is 9.05. The highest BCUT2D eigenvalue weighted by Gasteiger charge is 2.44. The molecular formula is C18H26O. The summed E-state index contributed by atoms with van der Waals surface area (Å²) in [6.07, 6.45) is 6.44. The Labute approximate surface area is 117 Å². The number of hydrogen-bond donors (Lipinski definition) is 1. The number of aromatic hydroxyl groups is 1. The third kappa shape index (κ3) is 1.98. The van der Waals surface area contributed by atoms with E-state index in [2.05, 4.69) is 26.8 Å². The highest BCUT2D eigenvalue weighted by Crippen LogP contribution is 2.55. The van der Waals surface area contributed by atoms with Gasteiger partial charge in [0.1, 0.15) is 5.75 Å². The SMILES string of the molecule is CC[C@@]1(C)CC[C@@H]2c3ccc(O)cc3CC[C@H]2[C@@H]1C. The molecule has 1 nitrogen and oxygen atoms in total. The van der Waals surface area contributed by atoms with Gasteiger partial charge in [-0.15, -0.1) is 0 Å². The van der Waals surface area contributed by atoms with E-state index >= 15 is 0 Å². The van der Waals surface area contributed by atoms with E-state index in [1.54, 1.807) is 0 Å². The molecule has 0 aromatic heterocycles. The molecule has 0 heterocycles. The zero-order valence-corrected chi connectivity index (χ0v) is 12.4. The molecule has 0 unspecified atom stereocenters. The van der Waals surface area contributed by atoms with Crippen LogP contribution in [0.5, 0.6) is 5.75 Å². The molecule has 0 amide bonds. The average molecular weight is 258 g/mol. The first-order valence-corrected chi connectivity index (χ1v) is 7.87. The van der Waals surface area contributed by atoms with E-state index < -0.39 is 0 Å². The fourth-order valence-electron chi connectivity index (χ4n) is 4.62. The van der Waals surface area contributed by atoms with Crippen LogP contribution in [0.3, 0.4) is 0 Å². The Morgan fingerprint density at radius 1 is 1.32 bits per heavy atom. The van der Waals surface area contributed by atoms with Crippen LogP contribution in [-0.2, 0) is 6.42 Å². The Balaban J connectivity index is 1.94. The van der Waals surface area contributed by atoms with Gasteiger partial charge in [-0.3, -0.25) is 0 Å². The summed E-state index contributed by atoms with van der Waals surface area (Å²) in [6.45, 7) is 7.32. The normalized spacial score (nSPS) is 37.5. The maximum atomic E-state index is 9.66. The Morgan fingerprint density at radius 2 is 2.11 bits per heavy atom. The molecule has 3 rings (SSSR count). The van der Waals surface area contributed by atoms with Crippen LogP contribution in [0.4, 0.5) is 0 Å². The van der Waals surface area contributed by atoms with Gasteiger partial charge in [-0.05, 0) is 72.1 Å². The van der Waals surface area contributed by atoms with Crippen LogP contribution in [0.1, 0.15) is 63.5 Å². The van der Waals surface area contributed by atoms with Crippen LogP contribution in [0.25, 0.3) is 0 Å². The second kappa shape index (κ2) is 4.54. The highest BCUT2D eigenvalue weighted by molar-refractivity contribution is 5.39. The van der Waals surface area contributed by atoms with Gasteiger partial charge in [-0.25, -0.2) is 0 Å². The van der Waals surface area contributed by atoms with Gasteiger partial charge in [0.15, 0.2) is 0 Å². The summed E-state index contributed by atoms with van der Waals surface area (Å²) >= 11 is 0. The molecular weight excluding hydrogens is 232 g/mol. The summed E-state index contributed by atoms with van der Waals surface area (Å²) in [6, 6.07) is 6.05. The second-order valence-electron chi connectivity index (χ2n) is 7.03. The van der Waals surface area contributed by atoms with Gasteiger partial charge in [0.2, 0.25) is 0 Å². The van der Waals surface area contributed by atoms with Gasteiger partial charge in [-0.1, -0.05) is 33.3 Å². The molecule has 19 heavy (non-hydrogen) atoms.